The van der Waals surface area contributed by atoms with Gasteiger partial charge in [0.1, 0.15) is 5.75 Å². The largest absolute Gasteiger partial charge is 0.497 e. The summed E-state index contributed by atoms with van der Waals surface area (Å²) in [5.41, 5.74) is 1.38. The van der Waals surface area contributed by atoms with Crippen molar-refractivity contribution >= 4 is 5.96 Å². The van der Waals surface area contributed by atoms with E-state index in [1.54, 1.807) is 7.11 Å². The second-order valence-electron chi connectivity index (χ2n) is 6.70. The molecule has 0 aromatic heterocycles. The number of likely N-dealkylation sites (tertiary alicyclic amines) is 1. The lowest BCUT2D eigenvalue weighted by atomic mass is 9.98. The maximum Gasteiger partial charge on any atom is 0.193 e. The van der Waals surface area contributed by atoms with Gasteiger partial charge in [0.15, 0.2) is 5.96 Å². The maximum absolute atomic E-state index is 5.26. The normalized spacial score (nSPS) is 19.4. The molecule has 1 aliphatic heterocycles. The van der Waals surface area contributed by atoms with Gasteiger partial charge in [-0.2, -0.15) is 0 Å². The summed E-state index contributed by atoms with van der Waals surface area (Å²) in [6.07, 6.45) is 1.17. The lowest BCUT2D eigenvalue weighted by molar-refractivity contribution is 0.230. The number of rotatable bonds is 7. The average Bonchev–Trinajstić information content (AvgIpc) is 3.13. The Morgan fingerprint density at radius 3 is 2.56 bits per heavy atom. The third kappa shape index (κ3) is 5.11. The van der Waals surface area contributed by atoms with Gasteiger partial charge in [-0.25, -0.2) is 0 Å². The van der Waals surface area contributed by atoms with Crippen molar-refractivity contribution in [3.63, 3.8) is 0 Å². The molecular weight excluding hydrogens is 312 g/mol. The molecule has 1 aromatic carbocycles. The zero-order valence-corrected chi connectivity index (χ0v) is 16.5. The first kappa shape index (κ1) is 19.6. The smallest absolute Gasteiger partial charge is 0.193 e. The van der Waals surface area contributed by atoms with Gasteiger partial charge in [0.05, 0.1) is 7.11 Å². The van der Waals surface area contributed by atoms with Crippen LogP contribution in [0.3, 0.4) is 0 Å². The second-order valence-corrected chi connectivity index (χ2v) is 6.70. The molecule has 1 saturated heterocycles. The Balaban J connectivity index is 1.90. The maximum atomic E-state index is 5.26. The van der Waals surface area contributed by atoms with E-state index in [-0.39, 0.29) is 0 Å². The van der Waals surface area contributed by atoms with Crippen LogP contribution in [0.5, 0.6) is 5.75 Å². The quantitative estimate of drug-likeness (QED) is 0.609. The Labute approximate surface area is 153 Å². The molecule has 2 rings (SSSR count). The van der Waals surface area contributed by atoms with E-state index in [1.807, 2.05) is 7.05 Å². The van der Waals surface area contributed by atoms with Crippen LogP contribution in [-0.2, 0) is 0 Å². The first-order chi connectivity index (χ1) is 12.1. The summed E-state index contributed by atoms with van der Waals surface area (Å²) >= 11 is 0. The van der Waals surface area contributed by atoms with Gasteiger partial charge in [-0.15, -0.1) is 0 Å². The van der Waals surface area contributed by atoms with E-state index in [2.05, 4.69) is 65.1 Å². The molecule has 1 N–H and O–H groups in total. The van der Waals surface area contributed by atoms with E-state index >= 15 is 0 Å². The topological polar surface area (TPSA) is 40.1 Å². The summed E-state index contributed by atoms with van der Waals surface area (Å²) in [5, 5.41) is 3.56. The van der Waals surface area contributed by atoms with Crippen LogP contribution >= 0.6 is 0 Å². The van der Waals surface area contributed by atoms with Crippen LogP contribution in [0, 0.1) is 0 Å². The molecule has 1 fully saturated rings. The van der Waals surface area contributed by atoms with Crippen LogP contribution in [0.15, 0.2) is 29.3 Å². The molecule has 5 nitrogen and oxygen atoms in total. The van der Waals surface area contributed by atoms with E-state index < -0.39 is 0 Å². The zero-order chi connectivity index (χ0) is 18.2. The highest BCUT2D eigenvalue weighted by atomic mass is 16.5. The standard InChI is InChI=1S/C20H34N4O/c1-6-23(7-2)16(3)14-22-20(21-4)24-13-12-18(15-24)17-8-10-19(25-5)11-9-17/h8-11,16,18H,6-7,12-15H2,1-5H3,(H,21,22). The lowest BCUT2D eigenvalue weighted by Crippen LogP contribution is -2.46. The average molecular weight is 347 g/mol. The van der Waals surface area contributed by atoms with E-state index in [9.17, 15) is 0 Å². The summed E-state index contributed by atoms with van der Waals surface area (Å²) in [6, 6.07) is 8.98. The molecule has 0 spiro atoms. The van der Waals surface area contributed by atoms with Gasteiger partial charge in [0, 0.05) is 38.6 Å². The van der Waals surface area contributed by atoms with Crippen molar-refractivity contribution in [1.29, 1.82) is 0 Å². The molecule has 0 radical (unpaired) electrons. The highest BCUT2D eigenvalue weighted by Gasteiger charge is 2.26. The third-order valence-corrected chi connectivity index (χ3v) is 5.28. The zero-order valence-electron chi connectivity index (χ0n) is 16.5. The van der Waals surface area contributed by atoms with Crippen molar-refractivity contribution in [3.8, 4) is 5.75 Å². The number of likely N-dealkylation sites (N-methyl/N-ethyl adjacent to an activating group) is 1. The molecule has 0 saturated carbocycles. The molecule has 2 atom stereocenters. The summed E-state index contributed by atoms with van der Waals surface area (Å²) in [7, 11) is 3.59. The minimum atomic E-state index is 0.506. The fourth-order valence-electron chi connectivity index (χ4n) is 3.65. The van der Waals surface area contributed by atoms with E-state index in [0.29, 0.717) is 12.0 Å². The number of guanidine groups is 1. The van der Waals surface area contributed by atoms with Crippen molar-refractivity contribution in [1.82, 2.24) is 15.1 Å². The van der Waals surface area contributed by atoms with Crippen LogP contribution in [0.2, 0.25) is 0 Å². The molecule has 0 aliphatic carbocycles. The molecule has 1 aliphatic rings. The van der Waals surface area contributed by atoms with Gasteiger partial charge >= 0.3 is 0 Å². The van der Waals surface area contributed by atoms with E-state index in [0.717, 1.165) is 44.4 Å². The number of hydrogen-bond acceptors (Lipinski definition) is 3. The molecule has 2 unspecified atom stereocenters. The van der Waals surface area contributed by atoms with Gasteiger partial charge in [-0.3, -0.25) is 9.89 Å². The van der Waals surface area contributed by atoms with Crippen LogP contribution in [-0.4, -0.2) is 68.7 Å². The second kappa shape index (κ2) is 9.66. The SMILES string of the molecule is CCN(CC)C(C)CNC(=NC)N1CCC(c2ccc(OC)cc2)C1. The van der Waals surface area contributed by atoms with Crippen molar-refractivity contribution in [2.75, 3.05) is 46.9 Å². The van der Waals surface area contributed by atoms with Crippen molar-refractivity contribution in [3.05, 3.63) is 29.8 Å². The third-order valence-electron chi connectivity index (χ3n) is 5.28. The van der Waals surface area contributed by atoms with Gasteiger partial charge in [-0.1, -0.05) is 26.0 Å². The number of hydrogen-bond donors (Lipinski definition) is 1. The molecule has 1 heterocycles. The molecular formula is C20H34N4O. The molecule has 140 valence electrons. The predicted octanol–water partition coefficient (Wildman–Crippen LogP) is 2.79. The summed E-state index contributed by atoms with van der Waals surface area (Å²) in [6.45, 7) is 11.9. The summed E-state index contributed by atoms with van der Waals surface area (Å²) < 4.78 is 5.26. The van der Waals surface area contributed by atoms with E-state index in [4.69, 9.17) is 4.74 Å². The van der Waals surface area contributed by atoms with Crippen LogP contribution in [0.1, 0.15) is 38.7 Å². The molecule has 0 amide bonds. The van der Waals surface area contributed by atoms with Crippen molar-refractivity contribution in [2.45, 2.75) is 39.2 Å². The van der Waals surface area contributed by atoms with Gasteiger partial charge < -0.3 is 15.0 Å². The Bertz CT molecular complexity index is 539. The summed E-state index contributed by atoms with van der Waals surface area (Å²) in [4.78, 5) is 9.34. The van der Waals surface area contributed by atoms with E-state index in [1.165, 1.54) is 12.0 Å². The van der Waals surface area contributed by atoms with Crippen LogP contribution in [0.4, 0.5) is 0 Å². The minimum absolute atomic E-state index is 0.506. The Morgan fingerprint density at radius 1 is 1.32 bits per heavy atom. The lowest BCUT2D eigenvalue weighted by Gasteiger charge is -2.29. The highest BCUT2D eigenvalue weighted by Crippen LogP contribution is 2.28. The molecule has 25 heavy (non-hydrogen) atoms. The molecule has 1 aromatic rings. The van der Waals surface area contributed by atoms with Gasteiger partial charge in [0.2, 0.25) is 0 Å². The number of benzene rings is 1. The van der Waals surface area contributed by atoms with Gasteiger partial charge in [0.25, 0.3) is 0 Å². The summed E-state index contributed by atoms with van der Waals surface area (Å²) in [5.74, 6) is 2.50. The monoisotopic (exact) mass is 346 g/mol. The first-order valence-electron chi connectivity index (χ1n) is 9.46. The molecule has 5 heteroatoms. The number of nitrogens with one attached hydrogen (secondary N) is 1. The fraction of sp³-hybridized carbons (Fsp3) is 0.650. The predicted molar refractivity (Wildman–Crippen MR) is 106 cm³/mol. The first-order valence-corrected chi connectivity index (χ1v) is 9.46. The fourth-order valence-corrected chi connectivity index (χ4v) is 3.65. The van der Waals surface area contributed by atoms with Crippen LogP contribution < -0.4 is 10.1 Å². The van der Waals surface area contributed by atoms with Gasteiger partial charge in [-0.05, 0) is 44.1 Å². The van der Waals surface area contributed by atoms with Crippen molar-refractivity contribution < 1.29 is 4.74 Å². The Hall–Kier alpha value is -1.75. The number of ether oxygens (including phenoxy) is 1. The number of nitrogens with zero attached hydrogens (tertiary/aromatic N) is 3. The Kier molecular flexibility index (Phi) is 7.56. The van der Waals surface area contributed by atoms with Crippen LogP contribution in [0.25, 0.3) is 0 Å². The van der Waals surface area contributed by atoms with Crippen molar-refractivity contribution in [2.24, 2.45) is 4.99 Å². The number of methoxy groups -OCH3 is 1. The number of aliphatic imine (C=N–C) groups is 1. The Morgan fingerprint density at radius 2 is 2.00 bits per heavy atom. The highest BCUT2D eigenvalue weighted by molar-refractivity contribution is 5.80. The minimum Gasteiger partial charge on any atom is -0.497 e. The molecule has 0 bridgehead atoms.